The number of ether oxygens (including phenoxy) is 1. The lowest BCUT2D eigenvalue weighted by molar-refractivity contribution is 0.0601. The van der Waals surface area contributed by atoms with Gasteiger partial charge in [-0.25, -0.2) is 4.79 Å². The molecule has 0 radical (unpaired) electrons. The van der Waals surface area contributed by atoms with Gasteiger partial charge in [0.05, 0.1) is 18.4 Å². The molecule has 3 aromatic rings. The zero-order chi connectivity index (χ0) is 21.4. The van der Waals surface area contributed by atoms with Crippen molar-refractivity contribution in [3.05, 3.63) is 51.0 Å². The van der Waals surface area contributed by atoms with E-state index in [4.69, 9.17) is 4.74 Å². The zero-order valence-electron chi connectivity index (χ0n) is 17.1. The van der Waals surface area contributed by atoms with E-state index in [1.54, 1.807) is 6.07 Å². The van der Waals surface area contributed by atoms with Crippen molar-refractivity contribution in [2.75, 3.05) is 12.4 Å². The van der Waals surface area contributed by atoms with Gasteiger partial charge in [-0.3, -0.25) is 9.89 Å². The van der Waals surface area contributed by atoms with Crippen LogP contribution < -0.4 is 5.32 Å². The third-order valence-electron chi connectivity index (χ3n) is 5.33. The number of methoxy groups -OCH3 is 1. The first-order valence-corrected chi connectivity index (χ1v) is 10.6. The van der Waals surface area contributed by atoms with Crippen LogP contribution in [0.25, 0.3) is 11.3 Å². The number of nitrogens with zero attached hydrogens (tertiary/aromatic N) is 1. The number of anilines is 1. The predicted octanol–water partition coefficient (Wildman–Crippen LogP) is 4.38. The second-order valence-electron chi connectivity index (χ2n) is 7.51. The van der Waals surface area contributed by atoms with E-state index in [-0.39, 0.29) is 11.4 Å². The number of carbonyl (C=O) groups excluding carboxylic acids is 2. The van der Waals surface area contributed by atoms with Crippen LogP contribution in [0, 0.1) is 13.8 Å². The smallest absolute Gasteiger partial charge is 0.341 e. The molecular weight excluding hydrogens is 402 g/mol. The van der Waals surface area contributed by atoms with E-state index in [0.717, 1.165) is 47.3 Å². The fourth-order valence-corrected chi connectivity index (χ4v) is 5.15. The number of H-pyrrole nitrogens is 1. The number of aromatic nitrogens is 2. The lowest BCUT2D eigenvalue weighted by Gasteiger charge is -2.11. The Labute approximate surface area is 178 Å². The van der Waals surface area contributed by atoms with Crippen LogP contribution in [-0.4, -0.2) is 34.3 Å². The highest BCUT2D eigenvalue weighted by Gasteiger charge is 2.27. The number of benzene rings is 1. The Balaban J connectivity index is 1.64. The molecule has 1 amide bonds. The number of rotatable bonds is 4. The predicted molar refractivity (Wildman–Crippen MR) is 115 cm³/mol. The van der Waals surface area contributed by atoms with E-state index in [1.165, 1.54) is 18.4 Å². The number of fused-ring (bicyclic) bond motifs is 1. The van der Waals surface area contributed by atoms with Crippen LogP contribution in [0.4, 0.5) is 5.00 Å². The minimum absolute atomic E-state index is 0.137. The van der Waals surface area contributed by atoms with Gasteiger partial charge in [0.25, 0.3) is 5.91 Å². The first-order valence-electron chi connectivity index (χ1n) is 9.79. The molecule has 1 aliphatic rings. The van der Waals surface area contributed by atoms with Crippen molar-refractivity contribution in [3.8, 4) is 17.0 Å². The Morgan fingerprint density at radius 2 is 1.97 bits per heavy atom. The fourth-order valence-electron chi connectivity index (χ4n) is 3.87. The molecule has 0 saturated heterocycles. The molecule has 7 nitrogen and oxygen atoms in total. The van der Waals surface area contributed by atoms with Crippen LogP contribution in [-0.2, 0) is 17.6 Å². The van der Waals surface area contributed by atoms with Gasteiger partial charge in [0.15, 0.2) is 0 Å². The molecule has 2 aromatic heterocycles. The third-order valence-corrected chi connectivity index (χ3v) is 6.54. The van der Waals surface area contributed by atoms with Crippen LogP contribution >= 0.6 is 11.3 Å². The van der Waals surface area contributed by atoms with Gasteiger partial charge in [-0.1, -0.05) is 6.07 Å². The Bertz CT molecular complexity index is 1150. The SMILES string of the molecule is COC(=O)c1c(NC(=O)c2cc(-c3cc(C)cc(C)c3O)n[nH]2)sc2c1CCCC2. The highest BCUT2D eigenvalue weighted by atomic mass is 32.1. The van der Waals surface area contributed by atoms with E-state index in [9.17, 15) is 14.7 Å². The summed E-state index contributed by atoms with van der Waals surface area (Å²) in [4.78, 5) is 26.4. The summed E-state index contributed by atoms with van der Waals surface area (Å²) in [6.45, 7) is 3.75. The van der Waals surface area contributed by atoms with Crippen molar-refractivity contribution in [3.63, 3.8) is 0 Å². The van der Waals surface area contributed by atoms with E-state index in [1.807, 2.05) is 26.0 Å². The number of hydrogen-bond donors (Lipinski definition) is 3. The number of aryl methyl sites for hydroxylation is 3. The summed E-state index contributed by atoms with van der Waals surface area (Å²) in [5, 5.41) is 20.6. The van der Waals surface area contributed by atoms with Gasteiger partial charge < -0.3 is 15.2 Å². The summed E-state index contributed by atoms with van der Waals surface area (Å²) in [6, 6.07) is 5.30. The van der Waals surface area contributed by atoms with Crippen LogP contribution in [0.1, 0.15) is 55.3 Å². The highest BCUT2D eigenvalue weighted by molar-refractivity contribution is 7.17. The lowest BCUT2D eigenvalue weighted by atomic mass is 9.95. The van der Waals surface area contributed by atoms with Crippen LogP contribution in [0.2, 0.25) is 0 Å². The summed E-state index contributed by atoms with van der Waals surface area (Å²) >= 11 is 1.43. The maximum atomic E-state index is 12.9. The van der Waals surface area contributed by atoms with Crippen molar-refractivity contribution in [2.45, 2.75) is 39.5 Å². The average Bonchev–Trinajstić information content (AvgIpc) is 3.35. The minimum Gasteiger partial charge on any atom is -0.507 e. The molecule has 8 heteroatoms. The maximum Gasteiger partial charge on any atom is 0.341 e. The summed E-state index contributed by atoms with van der Waals surface area (Å²) < 4.78 is 4.95. The van der Waals surface area contributed by atoms with Gasteiger partial charge in [-0.2, -0.15) is 5.10 Å². The molecule has 1 aromatic carbocycles. The second-order valence-corrected chi connectivity index (χ2v) is 8.61. The van der Waals surface area contributed by atoms with Gasteiger partial charge in [-0.05, 0) is 68.4 Å². The molecule has 156 valence electrons. The molecular formula is C22H23N3O4S. The zero-order valence-corrected chi connectivity index (χ0v) is 17.9. The van der Waals surface area contributed by atoms with E-state index in [2.05, 4.69) is 15.5 Å². The first kappa shape index (κ1) is 20.2. The molecule has 3 N–H and O–H groups in total. The Kier molecular flexibility index (Phi) is 5.34. The fraction of sp³-hybridized carbons (Fsp3) is 0.318. The molecule has 0 aliphatic heterocycles. The summed E-state index contributed by atoms with van der Waals surface area (Å²) in [7, 11) is 1.35. The Morgan fingerprint density at radius 1 is 1.20 bits per heavy atom. The van der Waals surface area contributed by atoms with Gasteiger partial charge >= 0.3 is 5.97 Å². The van der Waals surface area contributed by atoms with Crippen molar-refractivity contribution in [1.29, 1.82) is 0 Å². The van der Waals surface area contributed by atoms with Crippen LogP contribution in [0.15, 0.2) is 18.2 Å². The van der Waals surface area contributed by atoms with Crippen LogP contribution in [0.3, 0.4) is 0 Å². The topological polar surface area (TPSA) is 104 Å². The number of amides is 1. The molecule has 0 bridgehead atoms. The van der Waals surface area contributed by atoms with Crippen LogP contribution in [0.5, 0.6) is 5.75 Å². The molecule has 0 spiro atoms. The number of phenolic OH excluding ortho intramolecular Hbond substituents is 1. The number of thiophene rings is 1. The highest BCUT2D eigenvalue weighted by Crippen LogP contribution is 2.39. The summed E-state index contributed by atoms with van der Waals surface area (Å²) in [5.74, 6) is -0.700. The average molecular weight is 426 g/mol. The molecule has 0 saturated carbocycles. The van der Waals surface area contributed by atoms with Crippen molar-refractivity contribution in [2.24, 2.45) is 0 Å². The molecule has 2 heterocycles. The molecule has 0 unspecified atom stereocenters. The molecule has 4 rings (SSSR count). The Morgan fingerprint density at radius 3 is 2.73 bits per heavy atom. The van der Waals surface area contributed by atoms with Gasteiger partial charge in [0.2, 0.25) is 0 Å². The largest absolute Gasteiger partial charge is 0.507 e. The van der Waals surface area contributed by atoms with Gasteiger partial charge in [0, 0.05) is 10.4 Å². The number of hydrogen-bond acceptors (Lipinski definition) is 6. The monoisotopic (exact) mass is 425 g/mol. The van der Waals surface area contributed by atoms with Gasteiger partial charge in [-0.15, -0.1) is 11.3 Å². The number of phenols is 1. The molecule has 1 aliphatic carbocycles. The summed E-state index contributed by atoms with van der Waals surface area (Å²) in [6.07, 6.45) is 3.81. The normalized spacial score (nSPS) is 13.0. The molecule has 30 heavy (non-hydrogen) atoms. The number of nitrogens with one attached hydrogen (secondary N) is 2. The number of aromatic amines is 1. The van der Waals surface area contributed by atoms with Crippen molar-refractivity contribution >= 4 is 28.2 Å². The number of esters is 1. The second kappa shape index (κ2) is 7.95. The molecule has 0 fully saturated rings. The minimum atomic E-state index is -0.435. The van der Waals surface area contributed by atoms with E-state index in [0.29, 0.717) is 21.8 Å². The van der Waals surface area contributed by atoms with Gasteiger partial charge in [0.1, 0.15) is 16.4 Å². The quantitative estimate of drug-likeness (QED) is 0.538. The van der Waals surface area contributed by atoms with Crippen molar-refractivity contribution in [1.82, 2.24) is 10.2 Å². The standard InChI is InChI=1S/C22H23N3O4S/c1-11-8-12(2)19(26)14(9-11)15-10-16(25-24-15)20(27)23-21-18(22(28)29-3)13-6-4-5-7-17(13)30-21/h8-10,26H,4-7H2,1-3H3,(H,23,27)(H,24,25). The van der Waals surface area contributed by atoms with E-state index >= 15 is 0 Å². The van der Waals surface area contributed by atoms with E-state index < -0.39 is 11.9 Å². The Hall–Kier alpha value is -3.13. The first-order chi connectivity index (χ1) is 14.4. The third kappa shape index (κ3) is 3.59. The number of aromatic hydroxyl groups is 1. The molecule has 0 atom stereocenters. The lowest BCUT2D eigenvalue weighted by Crippen LogP contribution is -2.15. The van der Waals surface area contributed by atoms with Crippen molar-refractivity contribution < 1.29 is 19.4 Å². The maximum absolute atomic E-state index is 12.9. The summed E-state index contributed by atoms with van der Waals surface area (Å²) in [5.41, 5.74) is 4.45. The number of carbonyl (C=O) groups is 2.